The molecular weight excluding hydrogens is 535 g/mol. The highest BCUT2D eigenvalue weighted by atomic mass is 35.5. The number of amides is 1. The van der Waals surface area contributed by atoms with E-state index in [-0.39, 0.29) is 12.0 Å². The van der Waals surface area contributed by atoms with Crippen LogP contribution in [-0.4, -0.2) is 23.2 Å². The highest BCUT2D eigenvalue weighted by Gasteiger charge is 2.30. The molecule has 1 aliphatic rings. The molecule has 8 heteroatoms. The molecular formula is C31H26ClFN2O3S. The number of anilines is 2. The van der Waals surface area contributed by atoms with Crippen LogP contribution in [0.2, 0.25) is 5.02 Å². The normalized spacial score (nSPS) is 12.1. The summed E-state index contributed by atoms with van der Waals surface area (Å²) in [7, 11) is 0. The van der Waals surface area contributed by atoms with Crippen LogP contribution in [0.25, 0.3) is 22.3 Å². The van der Waals surface area contributed by atoms with Crippen LogP contribution in [-0.2, 0) is 17.8 Å². The number of hydrogen-bond acceptors (Lipinski definition) is 4. The SMILES string of the molecule is CSN1Cc2cc(NC(=O)c3ccccc3F)ccc2-c2c(C)c(-c3ccc(Cl)cc3)c(CC(=O)O)c(C)c21. The van der Waals surface area contributed by atoms with Crippen LogP contribution in [0.15, 0.2) is 66.7 Å². The number of carboxylic acids is 1. The number of halogens is 2. The van der Waals surface area contributed by atoms with E-state index in [1.54, 1.807) is 24.1 Å². The molecule has 5 nitrogen and oxygen atoms in total. The third kappa shape index (κ3) is 5.00. The number of fused-ring (bicyclic) bond motifs is 3. The van der Waals surface area contributed by atoms with E-state index < -0.39 is 17.7 Å². The van der Waals surface area contributed by atoms with E-state index in [1.807, 2.05) is 62.6 Å². The van der Waals surface area contributed by atoms with Crippen molar-refractivity contribution in [3.8, 4) is 22.3 Å². The molecule has 5 rings (SSSR count). The molecule has 0 aliphatic carbocycles. The largest absolute Gasteiger partial charge is 0.481 e. The van der Waals surface area contributed by atoms with Crippen molar-refractivity contribution in [1.29, 1.82) is 0 Å². The molecule has 1 heterocycles. The lowest BCUT2D eigenvalue weighted by Crippen LogP contribution is -2.23. The zero-order chi connectivity index (χ0) is 27.8. The lowest BCUT2D eigenvalue weighted by molar-refractivity contribution is -0.136. The van der Waals surface area contributed by atoms with E-state index in [2.05, 4.69) is 9.62 Å². The highest BCUT2D eigenvalue weighted by Crippen LogP contribution is 2.50. The summed E-state index contributed by atoms with van der Waals surface area (Å²) in [6, 6.07) is 19.0. The zero-order valence-electron chi connectivity index (χ0n) is 21.6. The van der Waals surface area contributed by atoms with Crippen molar-refractivity contribution >= 4 is 46.8 Å². The lowest BCUT2D eigenvalue weighted by Gasteiger charge is -2.36. The molecule has 4 aromatic carbocycles. The third-order valence-corrected chi connectivity index (χ3v) is 8.10. The number of nitrogens with zero attached hydrogens (tertiary/aromatic N) is 1. The highest BCUT2D eigenvalue weighted by molar-refractivity contribution is 7.99. The molecule has 0 atom stereocenters. The molecule has 198 valence electrons. The van der Waals surface area contributed by atoms with Crippen LogP contribution in [0, 0.1) is 19.7 Å². The van der Waals surface area contributed by atoms with E-state index in [9.17, 15) is 19.1 Å². The summed E-state index contributed by atoms with van der Waals surface area (Å²) < 4.78 is 16.3. The topological polar surface area (TPSA) is 69.6 Å². The van der Waals surface area contributed by atoms with Crippen molar-refractivity contribution in [1.82, 2.24) is 0 Å². The molecule has 0 aromatic heterocycles. The van der Waals surface area contributed by atoms with Gasteiger partial charge in [0.25, 0.3) is 5.91 Å². The van der Waals surface area contributed by atoms with E-state index in [1.165, 1.54) is 12.1 Å². The minimum Gasteiger partial charge on any atom is -0.481 e. The van der Waals surface area contributed by atoms with Crippen LogP contribution in [0.1, 0.15) is 32.6 Å². The fourth-order valence-electron chi connectivity index (χ4n) is 5.35. The van der Waals surface area contributed by atoms with Gasteiger partial charge in [-0.3, -0.25) is 9.59 Å². The monoisotopic (exact) mass is 560 g/mol. The molecule has 1 aliphatic heterocycles. The first-order valence-corrected chi connectivity index (χ1v) is 13.9. The van der Waals surface area contributed by atoms with Crippen LogP contribution in [0.3, 0.4) is 0 Å². The Morgan fingerprint density at radius 1 is 1.03 bits per heavy atom. The minimum atomic E-state index is -0.894. The Bertz CT molecular complexity index is 1620. The predicted octanol–water partition coefficient (Wildman–Crippen LogP) is 7.91. The molecule has 0 unspecified atom stereocenters. The quantitative estimate of drug-likeness (QED) is 0.234. The molecule has 39 heavy (non-hydrogen) atoms. The Kier molecular flexibility index (Phi) is 7.38. The summed E-state index contributed by atoms with van der Waals surface area (Å²) in [4.78, 5) is 24.7. The van der Waals surface area contributed by atoms with E-state index in [0.29, 0.717) is 17.3 Å². The number of carbonyl (C=O) groups is 2. The number of carboxylic acid groups (broad SMARTS) is 1. The fourth-order valence-corrected chi connectivity index (χ4v) is 6.15. The van der Waals surface area contributed by atoms with Crippen molar-refractivity contribution in [3.05, 3.63) is 105 Å². The fraction of sp³-hybridized carbons (Fsp3) is 0.161. The van der Waals surface area contributed by atoms with E-state index >= 15 is 0 Å². The van der Waals surface area contributed by atoms with Gasteiger partial charge >= 0.3 is 5.97 Å². The number of rotatable bonds is 6. The molecule has 4 aromatic rings. The summed E-state index contributed by atoms with van der Waals surface area (Å²) in [6.45, 7) is 4.56. The maximum absolute atomic E-state index is 14.2. The number of hydrogen-bond donors (Lipinski definition) is 2. The van der Waals surface area contributed by atoms with Gasteiger partial charge in [-0.25, -0.2) is 4.39 Å². The standard InChI is InChI=1S/C31H26ClFN2O3S/c1-17-25(15-27(36)37)28(19-8-10-21(32)11-9-19)18(2)29-23-13-12-22(14-20(23)16-35(39-3)30(17)29)34-31(38)24-6-4-5-7-26(24)33/h4-14H,15-16H2,1-3H3,(H,34,38)(H,36,37). The van der Waals surface area contributed by atoms with Crippen molar-refractivity contribution < 1.29 is 19.1 Å². The van der Waals surface area contributed by atoms with Crippen LogP contribution in [0.5, 0.6) is 0 Å². The second-order valence-electron chi connectivity index (χ2n) is 9.43. The third-order valence-electron chi connectivity index (χ3n) is 7.09. The molecule has 0 radical (unpaired) electrons. The van der Waals surface area contributed by atoms with Gasteiger partial charge in [-0.05, 0) is 89.2 Å². The number of nitrogens with one attached hydrogen (secondary N) is 1. The predicted molar refractivity (Wildman–Crippen MR) is 157 cm³/mol. The second kappa shape index (κ2) is 10.8. The Hall–Kier alpha value is -3.81. The first kappa shape index (κ1) is 26.8. The Labute approximate surface area is 235 Å². The van der Waals surface area contributed by atoms with Gasteiger partial charge in [-0.2, -0.15) is 0 Å². The van der Waals surface area contributed by atoms with Crippen LogP contribution in [0.4, 0.5) is 15.8 Å². The summed E-state index contributed by atoms with van der Waals surface area (Å²) in [5.74, 6) is -1.98. The number of aliphatic carboxylic acids is 1. The average molecular weight is 561 g/mol. The van der Waals surface area contributed by atoms with E-state index in [0.717, 1.165) is 50.2 Å². The van der Waals surface area contributed by atoms with Crippen molar-refractivity contribution in [2.75, 3.05) is 15.9 Å². The summed E-state index contributed by atoms with van der Waals surface area (Å²) in [5.41, 5.74) is 9.02. The smallest absolute Gasteiger partial charge is 0.307 e. The first-order valence-electron chi connectivity index (χ1n) is 12.3. The maximum Gasteiger partial charge on any atom is 0.307 e. The summed E-state index contributed by atoms with van der Waals surface area (Å²) in [5, 5.41) is 13.2. The molecule has 0 spiro atoms. The number of benzene rings is 4. The summed E-state index contributed by atoms with van der Waals surface area (Å²) in [6.07, 6.45) is 1.88. The summed E-state index contributed by atoms with van der Waals surface area (Å²) >= 11 is 7.71. The molecule has 1 amide bonds. The van der Waals surface area contributed by atoms with Crippen molar-refractivity contribution in [3.63, 3.8) is 0 Å². The van der Waals surface area contributed by atoms with Gasteiger partial charge in [0.05, 0.1) is 24.2 Å². The van der Waals surface area contributed by atoms with Gasteiger partial charge in [-0.15, -0.1) is 0 Å². The zero-order valence-corrected chi connectivity index (χ0v) is 23.2. The van der Waals surface area contributed by atoms with Crippen LogP contribution < -0.4 is 9.62 Å². The molecule has 0 bridgehead atoms. The average Bonchev–Trinajstić information content (AvgIpc) is 2.91. The maximum atomic E-state index is 14.2. The van der Waals surface area contributed by atoms with Gasteiger partial charge in [0.15, 0.2) is 0 Å². The van der Waals surface area contributed by atoms with Crippen molar-refractivity contribution in [2.45, 2.75) is 26.8 Å². The van der Waals surface area contributed by atoms with Gasteiger partial charge < -0.3 is 14.7 Å². The van der Waals surface area contributed by atoms with Crippen molar-refractivity contribution in [2.24, 2.45) is 0 Å². The molecule has 0 saturated heterocycles. The Morgan fingerprint density at radius 2 is 1.74 bits per heavy atom. The molecule has 0 fully saturated rings. The minimum absolute atomic E-state index is 0.0173. The van der Waals surface area contributed by atoms with Gasteiger partial charge in [0.2, 0.25) is 0 Å². The van der Waals surface area contributed by atoms with Gasteiger partial charge in [0.1, 0.15) is 5.82 Å². The lowest BCUT2D eigenvalue weighted by atomic mass is 9.81. The molecule has 0 saturated carbocycles. The van der Waals surface area contributed by atoms with Gasteiger partial charge in [-0.1, -0.05) is 53.9 Å². The second-order valence-corrected chi connectivity index (χ2v) is 10.7. The number of carbonyl (C=O) groups excluding carboxylic acids is 1. The van der Waals surface area contributed by atoms with Gasteiger partial charge in [0, 0.05) is 22.5 Å². The van der Waals surface area contributed by atoms with E-state index in [4.69, 9.17) is 11.6 Å². The van der Waals surface area contributed by atoms with Crippen LogP contribution >= 0.6 is 23.5 Å². The first-order chi connectivity index (χ1) is 18.7. The Morgan fingerprint density at radius 3 is 2.41 bits per heavy atom. The molecule has 2 N–H and O–H groups in total. The Balaban J connectivity index is 1.67.